The average molecular weight is 222 g/mol. The Hall–Kier alpha value is -2.11. The van der Waals surface area contributed by atoms with Gasteiger partial charge in [0, 0.05) is 18.3 Å². The highest BCUT2D eigenvalue weighted by molar-refractivity contribution is 5.95. The standard InChI is InChI=1S/C10H10N2O4/c1-16-10(13)7-5-8-6(2-3-11-8)4-9(7)12(14)15/h4-5,11H,2-3H2,1H3. The predicted octanol–water partition coefficient (Wildman–Crippen LogP) is 1.35. The van der Waals surface area contributed by atoms with Gasteiger partial charge in [0.05, 0.1) is 12.0 Å². The number of benzene rings is 1. The van der Waals surface area contributed by atoms with Gasteiger partial charge in [0.1, 0.15) is 5.56 Å². The van der Waals surface area contributed by atoms with E-state index in [2.05, 4.69) is 10.1 Å². The molecule has 0 bridgehead atoms. The summed E-state index contributed by atoms with van der Waals surface area (Å²) in [5.74, 6) is -0.691. The molecule has 1 aromatic carbocycles. The van der Waals surface area contributed by atoms with Crippen molar-refractivity contribution in [3.05, 3.63) is 33.4 Å². The van der Waals surface area contributed by atoms with E-state index in [-0.39, 0.29) is 11.3 Å². The Bertz CT molecular complexity index is 470. The molecule has 1 aromatic rings. The number of nitrogens with one attached hydrogen (secondary N) is 1. The van der Waals surface area contributed by atoms with E-state index in [4.69, 9.17) is 0 Å². The maximum absolute atomic E-state index is 11.4. The Labute approximate surface area is 91.4 Å². The Morgan fingerprint density at radius 3 is 2.94 bits per heavy atom. The summed E-state index contributed by atoms with van der Waals surface area (Å²) in [5, 5.41) is 13.9. The van der Waals surface area contributed by atoms with Crippen LogP contribution in [0.25, 0.3) is 0 Å². The predicted molar refractivity (Wildman–Crippen MR) is 56.6 cm³/mol. The molecule has 0 saturated heterocycles. The molecule has 1 heterocycles. The molecule has 0 aliphatic carbocycles. The molecule has 0 spiro atoms. The van der Waals surface area contributed by atoms with E-state index in [1.165, 1.54) is 19.2 Å². The van der Waals surface area contributed by atoms with Gasteiger partial charge in [-0.3, -0.25) is 10.1 Å². The van der Waals surface area contributed by atoms with E-state index >= 15 is 0 Å². The summed E-state index contributed by atoms with van der Waals surface area (Å²) in [4.78, 5) is 21.6. The fraction of sp³-hybridized carbons (Fsp3) is 0.300. The fourth-order valence-electron chi connectivity index (χ4n) is 1.76. The highest BCUT2D eigenvalue weighted by Gasteiger charge is 2.25. The van der Waals surface area contributed by atoms with Gasteiger partial charge in [0.25, 0.3) is 5.69 Å². The van der Waals surface area contributed by atoms with Crippen LogP contribution in [0.3, 0.4) is 0 Å². The van der Waals surface area contributed by atoms with Crippen molar-refractivity contribution < 1.29 is 14.5 Å². The Morgan fingerprint density at radius 2 is 2.31 bits per heavy atom. The minimum absolute atomic E-state index is 0.0133. The first-order valence-corrected chi connectivity index (χ1v) is 4.77. The van der Waals surface area contributed by atoms with E-state index in [1.54, 1.807) is 0 Å². The van der Waals surface area contributed by atoms with Gasteiger partial charge < -0.3 is 10.1 Å². The van der Waals surface area contributed by atoms with E-state index in [0.29, 0.717) is 0 Å². The fourth-order valence-corrected chi connectivity index (χ4v) is 1.76. The molecular formula is C10H10N2O4. The van der Waals surface area contributed by atoms with Crippen molar-refractivity contribution in [3.63, 3.8) is 0 Å². The monoisotopic (exact) mass is 222 g/mol. The second-order valence-corrected chi connectivity index (χ2v) is 3.45. The maximum Gasteiger partial charge on any atom is 0.344 e. The molecule has 2 rings (SSSR count). The summed E-state index contributed by atoms with van der Waals surface area (Å²) in [5.41, 5.74) is 1.42. The van der Waals surface area contributed by atoms with E-state index < -0.39 is 10.9 Å². The van der Waals surface area contributed by atoms with Crippen LogP contribution in [0.4, 0.5) is 11.4 Å². The minimum Gasteiger partial charge on any atom is -0.465 e. The molecule has 0 aromatic heterocycles. The van der Waals surface area contributed by atoms with E-state index in [9.17, 15) is 14.9 Å². The topological polar surface area (TPSA) is 81.5 Å². The van der Waals surface area contributed by atoms with Gasteiger partial charge in [-0.2, -0.15) is 0 Å². The van der Waals surface area contributed by atoms with Crippen LogP contribution in [0.2, 0.25) is 0 Å². The van der Waals surface area contributed by atoms with Crippen LogP contribution in [0, 0.1) is 10.1 Å². The number of carbonyl (C=O) groups excluding carboxylic acids is 1. The number of nitro benzene ring substituents is 1. The normalized spacial score (nSPS) is 12.8. The lowest BCUT2D eigenvalue weighted by Gasteiger charge is -2.04. The van der Waals surface area contributed by atoms with Gasteiger partial charge in [0.15, 0.2) is 0 Å². The number of hydrogen-bond donors (Lipinski definition) is 1. The smallest absolute Gasteiger partial charge is 0.344 e. The first-order valence-electron chi connectivity index (χ1n) is 4.77. The third-order valence-corrected chi connectivity index (χ3v) is 2.53. The quantitative estimate of drug-likeness (QED) is 0.464. The Morgan fingerprint density at radius 1 is 1.56 bits per heavy atom. The third kappa shape index (κ3) is 1.58. The number of rotatable bonds is 2. The van der Waals surface area contributed by atoms with E-state index in [1.807, 2.05) is 0 Å². The SMILES string of the molecule is COC(=O)c1cc2c(cc1[N+](=O)[O-])CCN2. The van der Waals surface area contributed by atoms with Crippen molar-refractivity contribution in [1.29, 1.82) is 0 Å². The largest absolute Gasteiger partial charge is 0.465 e. The van der Waals surface area contributed by atoms with Crippen molar-refractivity contribution in [1.82, 2.24) is 0 Å². The zero-order valence-electron chi connectivity index (χ0n) is 8.65. The minimum atomic E-state index is -0.691. The van der Waals surface area contributed by atoms with Gasteiger partial charge in [-0.25, -0.2) is 4.79 Å². The summed E-state index contributed by atoms with van der Waals surface area (Å²) in [6.07, 6.45) is 0.734. The molecule has 0 amide bonds. The van der Waals surface area contributed by atoms with Crippen molar-refractivity contribution in [2.75, 3.05) is 19.0 Å². The van der Waals surface area contributed by atoms with Gasteiger partial charge in [0.2, 0.25) is 0 Å². The molecule has 6 heteroatoms. The van der Waals surface area contributed by atoms with Crippen molar-refractivity contribution in [2.24, 2.45) is 0 Å². The third-order valence-electron chi connectivity index (χ3n) is 2.53. The number of hydrogen-bond acceptors (Lipinski definition) is 5. The summed E-state index contributed by atoms with van der Waals surface area (Å²) >= 11 is 0. The first-order chi connectivity index (χ1) is 7.63. The number of nitro groups is 1. The molecular weight excluding hydrogens is 212 g/mol. The lowest BCUT2D eigenvalue weighted by molar-refractivity contribution is -0.385. The number of methoxy groups -OCH3 is 1. The Kier molecular flexibility index (Phi) is 2.47. The molecule has 0 atom stereocenters. The van der Waals surface area contributed by atoms with Gasteiger partial charge in [-0.15, -0.1) is 0 Å². The second kappa shape index (κ2) is 3.80. The molecule has 6 nitrogen and oxygen atoms in total. The lowest BCUT2D eigenvalue weighted by atomic mass is 10.1. The van der Waals surface area contributed by atoms with Gasteiger partial charge >= 0.3 is 5.97 Å². The number of fused-ring (bicyclic) bond motifs is 1. The van der Waals surface area contributed by atoms with Crippen LogP contribution >= 0.6 is 0 Å². The lowest BCUT2D eigenvalue weighted by Crippen LogP contribution is -2.06. The molecule has 1 aliphatic rings. The summed E-state index contributed by atoms with van der Waals surface area (Å²) < 4.78 is 4.52. The van der Waals surface area contributed by atoms with Crippen molar-refractivity contribution >= 4 is 17.3 Å². The molecule has 84 valence electrons. The number of anilines is 1. The molecule has 1 aliphatic heterocycles. The zero-order valence-corrected chi connectivity index (χ0v) is 8.65. The molecule has 1 N–H and O–H groups in total. The molecule has 16 heavy (non-hydrogen) atoms. The number of ether oxygens (including phenoxy) is 1. The summed E-state index contributed by atoms with van der Waals surface area (Å²) in [6, 6.07) is 2.91. The Balaban J connectivity index is 2.57. The molecule has 0 radical (unpaired) electrons. The van der Waals surface area contributed by atoms with Gasteiger partial charge in [-0.05, 0) is 18.1 Å². The molecule has 0 fully saturated rings. The highest BCUT2D eigenvalue weighted by atomic mass is 16.6. The average Bonchev–Trinajstić information content (AvgIpc) is 2.73. The van der Waals surface area contributed by atoms with Crippen LogP contribution in [-0.4, -0.2) is 24.5 Å². The van der Waals surface area contributed by atoms with Gasteiger partial charge in [-0.1, -0.05) is 0 Å². The second-order valence-electron chi connectivity index (χ2n) is 3.45. The van der Waals surface area contributed by atoms with Crippen LogP contribution in [-0.2, 0) is 11.2 Å². The zero-order chi connectivity index (χ0) is 11.7. The van der Waals surface area contributed by atoms with Crippen LogP contribution < -0.4 is 5.32 Å². The summed E-state index contributed by atoms with van der Waals surface area (Å²) in [6.45, 7) is 0.733. The molecule has 0 unspecified atom stereocenters. The number of esters is 1. The highest BCUT2D eigenvalue weighted by Crippen LogP contribution is 2.30. The first kappa shape index (κ1) is 10.4. The molecule has 0 saturated carbocycles. The van der Waals surface area contributed by atoms with Crippen LogP contribution in [0.5, 0.6) is 0 Å². The van der Waals surface area contributed by atoms with Crippen molar-refractivity contribution in [3.8, 4) is 0 Å². The van der Waals surface area contributed by atoms with Crippen LogP contribution in [0.1, 0.15) is 15.9 Å². The summed E-state index contributed by atoms with van der Waals surface area (Å²) in [7, 11) is 1.20. The number of carbonyl (C=O) groups is 1. The van der Waals surface area contributed by atoms with E-state index in [0.717, 1.165) is 24.2 Å². The van der Waals surface area contributed by atoms with Crippen LogP contribution in [0.15, 0.2) is 12.1 Å². The maximum atomic E-state index is 11.4. The number of nitrogens with zero attached hydrogens (tertiary/aromatic N) is 1. The van der Waals surface area contributed by atoms with Crippen molar-refractivity contribution in [2.45, 2.75) is 6.42 Å².